The molecule has 114 valence electrons. The average Bonchev–Trinajstić information content (AvgIpc) is 2.22. The lowest BCUT2D eigenvalue weighted by molar-refractivity contribution is 0.0601. The van der Waals surface area contributed by atoms with Gasteiger partial charge in [-0.3, -0.25) is 0 Å². The zero-order valence-corrected chi connectivity index (χ0v) is 14.4. The number of rotatable bonds is 5. The summed E-state index contributed by atoms with van der Waals surface area (Å²) in [5.41, 5.74) is -1.17. The molecule has 0 fully saturated rings. The molecular weight excluding hydrogens is 345 g/mol. The van der Waals surface area contributed by atoms with Gasteiger partial charge in [0.05, 0.1) is 15.6 Å². The van der Waals surface area contributed by atoms with E-state index in [2.05, 4.69) is 0 Å². The molecule has 0 aliphatic carbocycles. The number of sulfonamides is 1. The Morgan fingerprint density at radius 1 is 1.20 bits per heavy atom. The van der Waals surface area contributed by atoms with Crippen molar-refractivity contribution in [3.63, 3.8) is 0 Å². The molecule has 0 unspecified atom stereocenters. The summed E-state index contributed by atoms with van der Waals surface area (Å²) in [6.45, 7) is 4.83. The van der Waals surface area contributed by atoms with E-state index < -0.39 is 15.6 Å². The summed E-state index contributed by atoms with van der Waals surface area (Å²) in [6.07, 6.45) is 0. The van der Waals surface area contributed by atoms with E-state index in [0.717, 1.165) is 4.31 Å². The largest absolute Gasteiger partial charge is 0.389 e. The highest BCUT2D eigenvalue weighted by molar-refractivity contribution is 7.89. The van der Waals surface area contributed by atoms with Crippen molar-refractivity contribution in [2.75, 3.05) is 13.1 Å². The van der Waals surface area contributed by atoms with Gasteiger partial charge in [-0.1, -0.05) is 41.7 Å². The first-order valence-corrected chi connectivity index (χ1v) is 8.43. The summed E-state index contributed by atoms with van der Waals surface area (Å²) in [7, 11) is -3.91. The van der Waals surface area contributed by atoms with Crippen LogP contribution in [-0.2, 0) is 10.0 Å². The SMILES string of the molecule is CCN(CC(C)(C)O)S(=O)(=O)c1c(Cl)cc(Cl)cc1Cl. The molecule has 0 aromatic heterocycles. The van der Waals surface area contributed by atoms with Crippen molar-refractivity contribution in [2.24, 2.45) is 0 Å². The van der Waals surface area contributed by atoms with E-state index in [0.29, 0.717) is 0 Å². The zero-order valence-electron chi connectivity index (χ0n) is 11.3. The van der Waals surface area contributed by atoms with Gasteiger partial charge < -0.3 is 5.11 Å². The maximum Gasteiger partial charge on any atom is 0.246 e. The first-order valence-electron chi connectivity index (χ1n) is 5.86. The van der Waals surface area contributed by atoms with E-state index in [1.54, 1.807) is 6.92 Å². The van der Waals surface area contributed by atoms with Gasteiger partial charge in [-0.05, 0) is 26.0 Å². The molecule has 1 N–H and O–H groups in total. The van der Waals surface area contributed by atoms with Crippen molar-refractivity contribution in [2.45, 2.75) is 31.3 Å². The predicted molar refractivity (Wildman–Crippen MR) is 82.2 cm³/mol. The van der Waals surface area contributed by atoms with E-state index in [4.69, 9.17) is 34.8 Å². The highest BCUT2D eigenvalue weighted by Gasteiger charge is 2.32. The molecule has 0 atom stereocenters. The monoisotopic (exact) mass is 359 g/mol. The fourth-order valence-electron chi connectivity index (χ4n) is 1.70. The maximum absolute atomic E-state index is 12.6. The molecule has 0 aliphatic heterocycles. The average molecular weight is 361 g/mol. The minimum absolute atomic E-state index is 0.0447. The lowest BCUT2D eigenvalue weighted by atomic mass is 10.1. The topological polar surface area (TPSA) is 57.6 Å². The summed E-state index contributed by atoms with van der Waals surface area (Å²) in [5, 5.41) is 9.98. The Morgan fingerprint density at radius 2 is 1.65 bits per heavy atom. The van der Waals surface area contributed by atoms with Gasteiger partial charge in [-0.2, -0.15) is 4.31 Å². The highest BCUT2D eigenvalue weighted by atomic mass is 35.5. The normalized spacial score (nSPS) is 13.0. The Labute approximate surface area is 134 Å². The molecule has 4 nitrogen and oxygen atoms in total. The summed E-state index contributed by atoms with van der Waals surface area (Å²) in [6, 6.07) is 2.64. The van der Waals surface area contributed by atoms with Crippen LogP contribution >= 0.6 is 34.8 Å². The third-order valence-electron chi connectivity index (χ3n) is 2.48. The van der Waals surface area contributed by atoms with Crippen LogP contribution in [-0.4, -0.2) is 36.5 Å². The van der Waals surface area contributed by atoms with Crippen molar-refractivity contribution >= 4 is 44.8 Å². The predicted octanol–water partition coefficient (Wildman–Crippen LogP) is 3.43. The van der Waals surface area contributed by atoms with E-state index in [-0.39, 0.29) is 33.1 Å². The lowest BCUT2D eigenvalue weighted by Gasteiger charge is -2.28. The van der Waals surface area contributed by atoms with Crippen molar-refractivity contribution in [3.8, 4) is 0 Å². The second kappa shape index (κ2) is 6.38. The second-order valence-corrected chi connectivity index (χ2v) is 8.07. The first-order chi connectivity index (χ1) is 8.99. The number of nitrogens with zero attached hydrogens (tertiary/aromatic N) is 1. The van der Waals surface area contributed by atoms with Gasteiger partial charge in [0, 0.05) is 18.1 Å². The molecule has 0 spiro atoms. The van der Waals surface area contributed by atoms with Gasteiger partial charge in [0.15, 0.2) is 0 Å². The Morgan fingerprint density at radius 3 is 2.00 bits per heavy atom. The van der Waals surface area contributed by atoms with E-state index >= 15 is 0 Å². The zero-order chi connectivity index (χ0) is 15.7. The molecule has 0 saturated heterocycles. The van der Waals surface area contributed by atoms with Crippen LogP contribution in [0.3, 0.4) is 0 Å². The van der Waals surface area contributed by atoms with Crippen LogP contribution in [0.2, 0.25) is 15.1 Å². The van der Waals surface area contributed by atoms with Gasteiger partial charge in [0.1, 0.15) is 4.90 Å². The molecule has 0 saturated carbocycles. The number of benzene rings is 1. The van der Waals surface area contributed by atoms with Crippen molar-refractivity contribution < 1.29 is 13.5 Å². The van der Waals surface area contributed by atoms with Crippen molar-refractivity contribution in [3.05, 3.63) is 27.2 Å². The van der Waals surface area contributed by atoms with E-state index in [1.807, 2.05) is 0 Å². The molecule has 1 rings (SSSR count). The van der Waals surface area contributed by atoms with E-state index in [1.165, 1.54) is 26.0 Å². The number of halogens is 3. The molecular formula is C12H16Cl3NO3S. The molecule has 0 radical (unpaired) electrons. The van der Waals surface area contributed by atoms with Gasteiger partial charge in [-0.25, -0.2) is 8.42 Å². The van der Waals surface area contributed by atoms with Crippen LogP contribution in [0.1, 0.15) is 20.8 Å². The van der Waals surface area contributed by atoms with Crippen molar-refractivity contribution in [1.82, 2.24) is 4.31 Å². The first kappa shape index (κ1) is 18.0. The maximum atomic E-state index is 12.6. The van der Waals surface area contributed by atoms with Crippen LogP contribution in [0.5, 0.6) is 0 Å². The van der Waals surface area contributed by atoms with Gasteiger partial charge in [0.2, 0.25) is 10.0 Å². The Hall–Kier alpha value is -0.0400. The number of aliphatic hydroxyl groups is 1. The van der Waals surface area contributed by atoms with Gasteiger partial charge in [0.25, 0.3) is 0 Å². The molecule has 0 bridgehead atoms. The summed E-state index contributed by atoms with van der Waals surface area (Å²) in [5.74, 6) is 0. The molecule has 0 aliphatic rings. The Balaban J connectivity index is 3.35. The van der Waals surface area contributed by atoms with Crippen molar-refractivity contribution in [1.29, 1.82) is 0 Å². The summed E-state index contributed by atoms with van der Waals surface area (Å²) in [4.78, 5) is -0.198. The molecule has 1 aromatic carbocycles. The quantitative estimate of drug-likeness (QED) is 0.875. The number of hydrogen-bond acceptors (Lipinski definition) is 3. The van der Waals surface area contributed by atoms with E-state index in [9.17, 15) is 13.5 Å². The minimum atomic E-state index is -3.91. The third kappa shape index (κ3) is 4.23. The van der Waals surface area contributed by atoms with Crippen LogP contribution in [0.4, 0.5) is 0 Å². The lowest BCUT2D eigenvalue weighted by Crippen LogP contribution is -2.42. The van der Waals surface area contributed by atoms with Gasteiger partial charge >= 0.3 is 0 Å². The van der Waals surface area contributed by atoms with Crippen LogP contribution in [0.15, 0.2) is 17.0 Å². The molecule has 0 amide bonds. The second-order valence-electron chi connectivity index (χ2n) is 4.94. The fraction of sp³-hybridized carbons (Fsp3) is 0.500. The Kier molecular flexibility index (Phi) is 5.75. The molecule has 1 aromatic rings. The fourth-order valence-corrected chi connectivity index (χ4v) is 4.80. The molecule has 0 heterocycles. The summed E-state index contributed by atoms with van der Waals surface area (Å²) >= 11 is 17.7. The molecule has 8 heteroatoms. The third-order valence-corrected chi connectivity index (χ3v) is 5.54. The molecule has 20 heavy (non-hydrogen) atoms. The minimum Gasteiger partial charge on any atom is -0.389 e. The van der Waals surface area contributed by atoms with Gasteiger partial charge in [-0.15, -0.1) is 0 Å². The Bertz CT molecular complexity index is 573. The van der Waals surface area contributed by atoms with Crippen LogP contribution in [0, 0.1) is 0 Å². The van der Waals surface area contributed by atoms with Crippen LogP contribution < -0.4 is 0 Å². The number of likely N-dealkylation sites (N-methyl/N-ethyl adjacent to an activating group) is 1. The smallest absolute Gasteiger partial charge is 0.246 e. The standard InChI is InChI=1S/C12H16Cl3NO3S/c1-4-16(7-12(2,3)17)20(18,19)11-9(14)5-8(13)6-10(11)15/h5-6,17H,4,7H2,1-3H3. The highest BCUT2D eigenvalue weighted by Crippen LogP contribution is 2.34. The van der Waals surface area contributed by atoms with Crippen LogP contribution in [0.25, 0.3) is 0 Å². The number of hydrogen-bond donors (Lipinski definition) is 1. The summed E-state index contributed by atoms with van der Waals surface area (Å²) < 4.78 is 26.3.